The van der Waals surface area contributed by atoms with Gasteiger partial charge in [0.15, 0.2) is 0 Å². The van der Waals surface area contributed by atoms with Crippen molar-refractivity contribution in [1.29, 1.82) is 0 Å². The lowest BCUT2D eigenvalue weighted by Gasteiger charge is -2.03. The minimum Gasteiger partial charge on any atom is -0.0654 e. The van der Waals surface area contributed by atoms with Gasteiger partial charge in [-0.05, 0) is 6.42 Å². The highest BCUT2D eigenvalue weighted by atomic mass is 14.0. The standard InChI is InChI=1S/C19H39/c1-3-5-7-9-11-13-15-17-19-18-16-14-12-10-8-6-4-2/h13H,3-12,14-19H2,1-2H3. The molecule has 115 valence electrons. The van der Waals surface area contributed by atoms with Crippen molar-refractivity contribution >= 4 is 0 Å². The normalized spacial score (nSPS) is 11.1. The average molecular weight is 268 g/mol. The minimum absolute atomic E-state index is 1.36. The fraction of sp³-hybridized carbons (Fsp3) is 0.947. The highest BCUT2D eigenvalue weighted by molar-refractivity contribution is 4.64. The maximum Gasteiger partial charge on any atom is -0.0386 e. The number of rotatable bonds is 16. The van der Waals surface area contributed by atoms with Gasteiger partial charge in [0.25, 0.3) is 0 Å². The van der Waals surface area contributed by atoms with E-state index in [4.69, 9.17) is 0 Å². The molecule has 0 amide bonds. The van der Waals surface area contributed by atoms with E-state index in [1.807, 2.05) is 0 Å². The van der Waals surface area contributed by atoms with Crippen LogP contribution in [0.2, 0.25) is 0 Å². The SMILES string of the molecule is CCCCCC[CH]CCCCCCCCCCCC. The van der Waals surface area contributed by atoms with Gasteiger partial charge in [0.1, 0.15) is 0 Å². The van der Waals surface area contributed by atoms with Crippen molar-refractivity contribution in [1.82, 2.24) is 0 Å². The second kappa shape index (κ2) is 18.0. The predicted molar refractivity (Wildman–Crippen MR) is 89.5 cm³/mol. The van der Waals surface area contributed by atoms with Crippen molar-refractivity contribution in [3.63, 3.8) is 0 Å². The zero-order chi connectivity index (χ0) is 14.0. The molecule has 0 aromatic carbocycles. The van der Waals surface area contributed by atoms with Crippen LogP contribution in [0.5, 0.6) is 0 Å². The molecule has 0 N–H and O–H groups in total. The van der Waals surface area contributed by atoms with E-state index in [2.05, 4.69) is 20.3 Å². The molecule has 0 rings (SSSR count). The van der Waals surface area contributed by atoms with E-state index in [1.165, 1.54) is 103 Å². The van der Waals surface area contributed by atoms with E-state index in [0.29, 0.717) is 0 Å². The third kappa shape index (κ3) is 18.0. The molecule has 0 aliphatic heterocycles. The van der Waals surface area contributed by atoms with Crippen molar-refractivity contribution in [3.05, 3.63) is 6.42 Å². The van der Waals surface area contributed by atoms with Crippen LogP contribution in [0.3, 0.4) is 0 Å². The quantitative estimate of drug-likeness (QED) is 0.254. The van der Waals surface area contributed by atoms with Gasteiger partial charge >= 0.3 is 0 Å². The summed E-state index contributed by atoms with van der Waals surface area (Å²) in [5.74, 6) is 0. The van der Waals surface area contributed by atoms with Crippen molar-refractivity contribution in [2.75, 3.05) is 0 Å². The van der Waals surface area contributed by atoms with Gasteiger partial charge in [-0.3, -0.25) is 0 Å². The van der Waals surface area contributed by atoms with E-state index >= 15 is 0 Å². The summed E-state index contributed by atoms with van der Waals surface area (Å²) in [5.41, 5.74) is 0. The Morgan fingerprint density at radius 3 is 1.16 bits per heavy atom. The Morgan fingerprint density at radius 1 is 0.421 bits per heavy atom. The Morgan fingerprint density at radius 2 is 0.737 bits per heavy atom. The monoisotopic (exact) mass is 267 g/mol. The maximum absolute atomic E-state index is 2.53. The maximum atomic E-state index is 2.53. The lowest BCUT2D eigenvalue weighted by molar-refractivity contribution is 0.552. The highest BCUT2D eigenvalue weighted by Gasteiger charge is 1.94. The van der Waals surface area contributed by atoms with Crippen LogP contribution in [0, 0.1) is 6.42 Å². The molecule has 0 saturated heterocycles. The Bertz CT molecular complexity index is 123. The first kappa shape index (κ1) is 19.0. The summed E-state index contributed by atoms with van der Waals surface area (Å²) in [6, 6.07) is 0. The first-order valence-corrected chi connectivity index (χ1v) is 9.23. The summed E-state index contributed by atoms with van der Waals surface area (Å²) in [7, 11) is 0. The number of unbranched alkanes of at least 4 members (excludes halogenated alkanes) is 16. The molecule has 0 aromatic rings. The van der Waals surface area contributed by atoms with Crippen LogP contribution in [-0.2, 0) is 0 Å². The van der Waals surface area contributed by atoms with Gasteiger partial charge in [-0.1, -0.05) is 117 Å². The van der Waals surface area contributed by atoms with Crippen molar-refractivity contribution in [2.45, 2.75) is 117 Å². The molecule has 0 aromatic heterocycles. The first-order chi connectivity index (χ1) is 9.41. The van der Waals surface area contributed by atoms with E-state index < -0.39 is 0 Å². The van der Waals surface area contributed by atoms with Gasteiger partial charge in [0.05, 0.1) is 0 Å². The second-order valence-electron chi connectivity index (χ2n) is 6.11. The molecule has 19 heavy (non-hydrogen) atoms. The largest absolute Gasteiger partial charge is 0.0654 e. The zero-order valence-electron chi connectivity index (χ0n) is 13.9. The van der Waals surface area contributed by atoms with Gasteiger partial charge in [-0.25, -0.2) is 0 Å². The fourth-order valence-electron chi connectivity index (χ4n) is 2.64. The van der Waals surface area contributed by atoms with Crippen molar-refractivity contribution < 1.29 is 0 Å². The van der Waals surface area contributed by atoms with Crippen LogP contribution in [0.1, 0.15) is 117 Å². The molecule has 0 fully saturated rings. The van der Waals surface area contributed by atoms with Crippen LogP contribution < -0.4 is 0 Å². The third-order valence-corrected chi connectivity index (χ3v) is 4.02. The van der Waals surface area contributed by atoms with E-state index in [9.17, 15) is 0 Å². The second-order valence-corrected chi connectivity index (χ2v) is 6.11. The predicted octanol–water partition coefficient (Wildman–Crippen LogP) is 7.47. The molecule has 0 heterocycles. The topological polar surface area (TPSA) is 0 Å². The summed E-state index contributed by atoms with van der Waals surface area (Å²) in [4.78, 5) is 0. The molecule has 1 radical (unpaired) electrons. The lowest BCUT2D eigenvalue weighted by Crippen LogP contribution is -1.84. The summed E-state index contributed by atoms with van der Waals surface area (Å²) < 4.78 is 0. The van der Waals surface area contributed by atoms with Gasteiger partial charge in [-0.2, -0.15) is 0 Å². The van der Waals surface area contributed by atoms with Crippen molar-refractivity contribution in [2.24, 2.45) is 0 Å². The molecular weight excluding hydrogens is 228 g/mol. The molecule has 0 saturated carbocycles. The molecule has 0 nitrogen and oxygen atoms in total. The average Bonchev–Trinajstić information content (AvgIpc) is 2.43. The van der Waals surface area contributed by atoms with Crippen molar-refractivity contribution in [3.8, 4) is 0 Å². The Hall–Kier alpha value is 0. The van der Waals surface area contributed by atoms with Crippen LogP contribution in [-0.4, -0.2) is 0 Å². The van der Waals surface area contributed by atoms with Gasteiger partial charge in [0, 0.05) is 0 Å². The zero-order valence-corrected chi connectivity index (χ0v) is 13.9. The summed E-state index contributed by atoms with van der Waals surface area (Å²) in [6.07, 6.45) is 25.4. The molecule has 0 unspecified atom stereocenters. The molecule has 0 aliphatic rings. The molecular formula is C19H39. The molecule has 0 heteroatoms. The van der Waals surface area contributed by atoms with E-state index in [-0.39, 0.29) is 0 Å². The molecule has 0 bridgehead atoms. The minimum atomic E-state index is 1.36. The molecule has 0 spiro atoms. The summed E-state index contributed by atoms with van der Waals surface area (Å²) in [6.45, 7) is 4.58. The Kier molecular flexibility index (Phi) is 18.0. The summed E-state index contributed by atoms with van der Waals surface area (Å²) in [5, 5.41) is 0. The highest BCUT2D eigenvalue weighted by Crippen LogP contribution is 2.13. The van der Waals surface area contributed by atoms with Gasteiger partial charge < -0.3 is 0 Å². The smallest absolute Gasteiger partial charge is 0.0386 e. The summed E-state index contributed by atoms with van der Waals surface area (Å²) >= 11 is 0. The first-order valence-electron chi connectivity index (χ1n) is 9.23. The van der Waals surface area contributed by atoms with Crippen LogP contribution >= 0.6 is 0 Å². The van der Waals surface area contributed by atoms with Gasteiger partial charge in [-0.15, -0.1) is 0 Å². The fourth-order valence-corrected chi connectivity index (χ4v) is 2.64. The Balaban J connectivity index is 2.88. The molecule has 0 atom stereocenters. The van der Waals surface area contributed by atoms with Crippen LogP contribution in [0.4, 0.5) is 0 Å². The third-order valence-electron chi connectivity index (χ3n) is 4.02. The lowest BCUT2D eigenvalue weighted by atomic mass is 10.0. The van der Waals surface area contributed by atoms with Crippen LogP contribution in [0.15, 0.2) is 0 Å². The molecule has 0 aliphatic carbocycles. The van der Waals surface area contributed by atoms with Gasteiger partial charge in [0.2, 0.25) is 0 Å². The van der Waals surface area contributed by atoms with E-state index in [0.717, 1.165) is 0 Å². The Labute approximate surface area is 123 Å². The van der Waals surface area contributed by atoms with Crippen LogP contribution in [0.25, 0.3) is 0 Å². The number of hydrogen-bond donors (Lipinski definition) is 0. The number of hydrogen-bond acceptors (Lipinski definition) is 0. The van der Waals surface area contributed by atoms with E-state index in [1.54, 1.807) is 0 Å².